The van der Waals surface area contributed by atoms with Crippen molar-refractivity contribution >= 4 is 16.9 Å². The number of hydrogen-bond donors (Lipinski definition) is 1. The van der Waals surface area contributed by atoms with E-state index in [1.165, 1.54) is 0 Å². The molecule has 94 valence electrons. The summed E-state index contributed by atoms with van der Waals surface area (Å²) in [6.07, 6.45) is 3.64. The van der Waals surface area contributed by atoms with Gasteiger partial charge in [-0.05, 0) is 18.6 Å². The van der Waals surface area contributed by atoms with Crippen LogP contribution in [0.2, 0.25) is 0 Å². The minimum absolute atomic E-state index is 0.526. The third-order valence-electron chi connectivity index (χ3n) is 3.45. The van der Waals surface area contributed by atoms with Gasteiger partial charge in [-0.1, -0.05) is 25.5 Å². The molecule has 0 radical (unpaired) electrons. The molecule has 1 fully saturated rings. The van der Waals surface area contributed by atoms with Gasteiger partial charge in [-0.3, -0.25) is 4.98 Å². The SMILES string of the molecule is CCCC1(O)CN(c2cnc3ccccc3n2)C1. The minimum atomic E-state index is -0.526. The maximum Gasteiger partial charge on any atom is 0.148 e. The van der Waals surface area contributed by atoms with Gasteiger partial charge >= 0.3 is 0 Å². The average molecular weight is 243 g/mol. The first-order chi connectivity index (χ1) is 8.70. The minimum Gasteiger partial charge on any atom is -0.386 e. The van der Waals surface area contributed by atoms with Crippen LogP contribution in [-0.4, -0.2) is 33.8 Å². The summed E-state index contributed by atoms with van der Waals surface area (Å²) < 4.78 is 0. The Morgan fingerprint density at radius 1 is 1.28 bits per heavy atom. The monoisotopic (exact) mass is 243 g/mol. The summed E-state index contributed by atoms with van der Waals surface area (Å²) in [5.41, 5.74) is 1.29. The van der Waals surface area contributed by atoms with Crippen molar-refractivity contribution in [1.82, 2.24) is 9.97 Å². The number of rotatable bonds is 3. The van der Waals surface area contributed by atoms with Crippen LogP contribution in [0, 0.1) is 0 Å². The molecule has 4 heteroatoms. The molecule has 1 aromatic heterocycles. The van der Waals surface area contributed by atoms with Crippen molar-refractivity contribution < 1.29 is 5.11 Å². The lowest BCUT2D eigenvalue weighted by atomic mass is 9.89. The highest BCUT2D eigenvalue weighted by atomic mass is 16.3. The quantitative estimate of drug-likeness (QED) is 0.895. The molecule has 18 heavy (non-hydrogen) atoms. The van der Waals surface area contributed by atoms with Crippen LogP contribution in [0.1, 0.15) is 19.8 Å². The molecule has 3 rings (SSSR count). The summed E-state index contributed by atoms with van der Waals surface area (Å²) in [6, 6.07) is 7.84. The Bertz CT molecular complexity index is 564. The normalized spacial score (nSPS) is 17.8. The number of benzene rings is 1. The second kappa shape index (κ2) is 4.21. The molecule has 4 nitrogen and oxygen atoms in total. The Labute approximate surface area is 106 Å². The first-order valence-electron chi connectivity index (χ1n) is 6.39. The summed E-state index contributed by atoms with van der Waals surface area (Å²) in [5.74, 6) is 0.856. The molecule has 1 aliphatic heterocycles. The lowest BCUT2D eigenvalue weighted by molar-refractivity contribution is 0.00294. The van der Waals surface area contributed by atoms with E-state index in [9.17, 15) is 5.11 Å². The van der Waals surface area contributed by atoms with Gasteiger partial charge in [0.1, 0.15) is 5.82 Å². The smallest absolute Gasteiger partial charge is 0.148 e. The molecule has 1 aromatic carbocycles. The number of nitrogens with zero attached hydrogens (tertiary/aromatic N) is 3. The van der Waals surface area contributed by atoms with Crippen LogP contribution in [0.5, 0.6) is 0 Å². The molecule has 1 aliphatic rings. The maximum atomic E-state index is 10.2. The predicted octanol–water partition coefficient (Wildman–Crippen LogP) is 1.98. The number of β-amino-alcohol motifs (C(OH)–C–C–N with tert-alkyl or cyclic N) is 1. The molecule has 0 bridgehead atoms. The van der Waals surface area contributed by atoms with Gasteiger partial charge in [0.05, 0.1) is 35.9 Å². The molecule has 0 saturated carbocycles. The number of aliphatic hydroxyl groups is 1. The van der Waals surface area contributed by atoms with Gasteiger partial charge in [0.2, 0.25) is 0 Å². The van der Waals surface area contributed by atoms with Crippen LogP contribution in [-0.2, 0) is 0 Å². The number of aromatic nitrogens is 2. The van der Waals surface area contributed by atoms with Crippen LogP contribution >= 0.6 is 0 Å². The number of anilines is 1. The zero-order valence-corrected chi connectivity index (χ0v) is 10.5. The number of fused-ring (bicyclic) bond motifs is 1. The second-order valence-corrected chi connectivity index (χ2v) is 5.05. The van der Waals surface area contributed by atoms with Crippen LogP contribution in [0.15, 0.2) is 30.5 Å². The fraction of sp³-hybridized carbons (Fsp3) is 0.429. The Morgan fingerprint density at radius 2 is 2.00 bits per heavy atom. The zero-order chi connectivity index (χ0) is 12.6. The molecule has 2 heterocycles. The van der Waals surface area contributed by atoms with E-state index in [4.69, 9.17) is 0 Å². The van der Waals surface area contributed by atoms with E-state index in [2.05, 4.69) is 21.8 Å². The molecule has 0 atom stereocenters. The lowest BCUT2D eigenvalue weighted by Crippen LogP contribution is -2.62. The fourth-order valence-corrected chi connectivity index (χ4v) is 2.55. The van der Waals surface area contributed by atoms with Gasteiger partial charge in [-0.15, -0.1) is 0 Å². The largest absolute Gasteiger partial charge is 0.386 e. The average Bonchev–Trinajstić information content (AvgIpc) is 2.35. The molecule has 1 N–H and O–H groups in total. The maximum absolute atomic E-state index is 10.2. The first kappa shape index (κ1) is 11.4. The summed E-state index contributed by atoms with van der Waals surface area (Å²) in [5, 5.41) is 10.2. The standard InChI is InChI=1S/C14H17N3O/c1-2-7-14(18)9-17(10-14)13-8-15-11-5-3-4-6-12(11)16-13/h3-6,8,18H,2,7,9-10H2,1H3. The third-order valence-corrected chi connectivity index (χ3v) is 3.45. The van der Waals surface area contributed by atoms with E-state index in [1.807, 2.05) is 24.3 Å². The molecule has 0 spiro atoms. The van der Waals surface area contributed by atoms with E-state index >= 15 is 0 Å². The van der Waals surface area contributed by atoms with E-state index < -0.39 is 5.60 Å². The van der Waals surface area contributed by atoms with Crippen molar-refractivity contribution in [3.63, 3.8) is 0 Å². The molecule has 0 unspecified atom stereocenters. The molecular formula is C14H17N3O. The second-order valence-electron chi connectivity index (χ2n) is 5.05. The Balaban J connectivity index is 1.80. The molecule has 2 aromatic rings. The van der Waals surface area contributed by atoms with E-state index in [0.29, 0.717) is 13.1 Å². The summed E-state index contributed by atoms with van der Waals surface area (Å²) in [4.78, 5) is 11.0. The van der Waals surface area contributed by atoms with E-state index in [1.54, 1.807) is 6.20 Å². The highest BCUT2D eigenvalue weighted by Crippen LogP contribution is 2.29. The van der Waals surface area contributed by atoms with Gasteiger partial charge in [-0.2, -0.15) is 0 Å². The number of para-hydroxylation sites is 2. The Kier molecular flexibility index (Phi) is 2.67. The summed E-state index contributed by atoms with van der Waals surface area (Å²) in [7, 11) is 0. The molecule has 0 aliphatic carbocycles. The van der Waals surface area contributed by atoms with Crippen LogP contribution in [0.3, 0.4) is 0 Å². The van der Waals surface area contributed by atoms with Gasteiger partial charge in [0.15, 0.2) is 0 Å². The summed E-state index contributed by atoms with van der Waals surface area (Å²) >= 11 is 0. The van der Waals surface area contributed by atoms with Crippen LogP contribution in [0.4, 0.5) is 5.82 Å². The van der Waals surface area contributed by atoms with Crippen molar-refractivity contribution in [1.29, 1.82) is 0 Å². The van der Waals surface area contributed by atoms with Crippen LogP contribution in [0.25, 0.3) is 11.0 Å². The summed E-state index contributed by atoms with van der Waals surface area (Å²) in [6.45, 7) is 3.41. The molecular weight excluding hydrogens is 226 g/mol. The fourth-order valence-electron chi connectivity index (χ4n) is 2.55. The Morgan fingerprint density at radius 3 is 2.72 bits per heavy atom. The third kappa shape index (κ3) is 1.93. The topological polar surface area (TPSA) is 49.2 Å². The van der Waals surface area contributed by atoms with Crippen molar-refractivity contribution in [3.05, 3.63) is 30.5 Å². The van der Waals surface area contributed by atoms with Gasteiger partial charge in [0.25, 0.3) is 0 Å². The highest BCUT2D eigenvalue weighted by Gasteiger charge is 2.40. The van der Waals surface area contributed by atoms with Gasteiger partial charge in [0, 0.05) is 0 Å². The zero-order valence-electron chi connectivity index (χ0n) is 10.5. The molecule has 1 saturated heterocycles. The van der Waals surface area contributed by atoms with Crippen LogP contribution < -0.4 is 4.90 Å². The van der Waals surface area contributed by atoms with Crippen molar-refractivity contribution in [2.75, 3.05) is 18.0 Å². The predicted molar refractivity (Wildman–Crippen MR) is 71.6 cm³/mol. The van der Waals surface area contributed by atoms with E-state index in [0.717, 1.165) is 29.7 Å². The van der Waals surface area contributed by atoms with Crippen molar-refractivity contribution in [2.24, 2.45) is 0 Å². The highest BCUT2D eigenvalue weighted by molar-refractivity contribution is 5.75. The number of hydrogen-bond acceptors (Lipinski definition) is 4. The lowest BCUT2D eigenvalue weighted by Gasteiger charge is -2.47. The first-order valence-corrected chi connectivity index (χ1v) is 6.39. The van der Waals surface area contributed by atoms with Gasteiger partial charge < -0.3 is 10.0 Å². The van der Waals surface area contributed by atoms with Crippen molar-refractivity contribution in [2.45, 2.75) is 25.4 Å². The van der Waals surface area contributed by atoms with Gasteiger partial charge in [-0.25, -0.2) is 4.98 Å². The van der Waals surface area contributed by atoms with Crippen molar-refractivity contribution in [3.8, 4) is 0 Å². The molecule has 0 amide bonds. The Hall–Kier alpha value is -1.68. The van der Waals surface area contributed by atoms with E-state index in [-0.39, 0.29) is 0 Å².